The first kappa shape index (κ1) is 20.4. The molecule has 1 heterocycles. The number of H-pyrrole nitrogens is 1. The molecule has 10 nitrogen and oxygen atoms in total. The van der Waals surface area contributed by atoms with Crippen molar-refractivity contribution in [2.45, 2.75) is 6.54 Å². The van der Waals surface area contributed by atoms with E-state index in [9.17, 15) is 19.2 Å². The number of nitrogens with two attached hydrogens (primary N) is 1. The summed E-state index contributed by atoms with van der Waals surface area (Å²) in [6.07, 6.45) is 3.14. The van der Waals surface area contributed by atoms with Crippen LogP contribution in [0.3, 0.4) is 0 Å². The van der Waals surface area contributed by atoms with E-state index in [-0.39, 0.29) is 30.6 Å². The molecule has 154 valence electrons. The Morgan fingerprint density at radius 2 is 1.80 bits per heavy atom. The van der Waals surface area contributed by atoms with Gasteiger partial charge in [0.05, 0.1) is 12.2 Å². The van der Waals surface area contributed by atoms with Gasteiger partial charge in [0.25, 0.3) is 5.91 Å². The van der Waals surface area contributed by atoms with E-state index in [0.717, 1.165) is 5.56 Å². The van der Waals surface area contributed by atoms with Crippen LogP contribution in [0.25, 0.3) is 5.69 Å². The summed E-state index contributed by atoms with van der Waals surface area (Å²) >= 11 is 0. The van der Waals surface area contributed by atoms with Crippen molar-refractivity contribution in [1.29, 1.82) is 0 Å². The van der Waals surface area contributed by atoms with Crippen molar-refractivity contribution >= 4 is 23.5 Å². The maximum absolute atomic E-state index is 12.5. The maximum atomic E-state index is 12.5. The number of rotatable bonds is 7. The topological polar surface area (TPSA) is 151 Å². The summed E-state index contributed by atoms with van der Waals surface area (Å²) in [5.41, 5.74) is 7.05. The number of aromatic amines is 1. The van der Waals surface area contributed by atoms with Gasteiger partial charge in [-0.25, -0.2) is 9.59 Å². The highest BCUT2D eigenvalue weighted by molar-refractivity contribution is 6.04. The Hall–Kier alpha value is -4.34. The van der Waals surface area contributed by atoms with Crippen molar-refractivity contribution in [1.82, 2.24) is 20.2 Å². The molecule has 0 unspecified atom stereocenters. The molecule has 0 bridgehead atoms. The molecule has 30 heavy (non-hydrogen) atoms. The van der Waals surface area contributed by atoms with Gasteiger partial charge in [-0.1, -0.05) is 12.1 Å². The van der Waals surface area contributed by atoms with E-state index in [1.165, 1.54) is 10.8 Å². The summed E-state index contributed by atoms with van der Waals surface area (Å²) in [6, 6.07) is 12.8. The van der Waals surface area contributed by atoms with Gasteiger partial charge in [0, 0.05) is 30.2 Å². The standard InChI is InChI=1S/C20H20N6O4/c21-19(29)24-12-17(27)23-11-13-2-1-3-15(10-13)25-18(28)14-4-6-16(7-5-14)26-9-8-22-20(26)30/h1-10H,11-12H2,(H,22,30)(H,23,27)(H,25,28)(H3,21,24,29). The van der Waals surface area contributed by atoms with Crippen LogP contribution in [0.15, 0.2) is 65.7 Å². The van der Waals surface area contributed by atoms with Crippen LogP contribution in [0.2, 0.25) is 0 Å². The minimum Gasteiger partial charge on any atom is -0.352 e. The lowest BCUT2D eigenvalue weighted by atomic mass is 10.1. The van der Waals surface area contributed by atoms with E-state index in [0.29, 0.717) is 16.9 Å². The average Bonchev–Trinajstić information content (AvgIpc) is 3.17. The number of benzene rings is 2. The number of amides is 4. The number of carbonyl (C=O) groups is 3. The van der Waals surface area contributed by atoms with Gasteiger partial charge in [-0.3, -0.25) is 14.2 Å². The summed E-state index contributed by atoms with van der Waals surface area (Å²) in [5.74, 6) is -0.695. The van der Waals surface area contributed by atoms with Crippen LogP contribution >= 0.6 is 0 Å². The van der Waals surface area contributed by atoms with Gasteiger partial charge in [0.2, 0.25) is 5.91 Å². The molecule has 0 radical (unpaired) electrons. The number of hydrogen-bond donors (Lipinski definition) is 5. The van der Waals surface area contributed by atoms with Gasteiger partial charge in [0.15, 0.2) is 0 Å². The number of urea groups is 1. The summed E-state index contributed by atoms with van der Waals surface area (Å²) < 4.78 is 1.43. The normalized spacial score (nSPS) is 10.3. The maximum Gasteiger partial charge on any atom is 0.330 e. The van der Waals surface area contributed by atoms with E-state index < -0.39 is 6.03 Å². The molecule has 0 fully saturated rings. The molecular weight excluding hydrogens is 388 g/mol. The van der Waals surface area contributed by atoms with E-state index >= 15 is 0 Å². The Morgan fingerprint density at radius 1 is 1.03 bits per heavy atom. The summed E-state index contributed by atoms with van der Waals surface area (Å²) in [6.45, 7) is 0.0136. The lowest BCUT2D eigenvalue weighted by Crippen LogP contribution is -2.39. The predicted octanol–water partition coefficient (Wildman–Crippen LogP) is 0.702. The minimum absolute atomic E-state index is 0.212. The van der Waals surface area contributed by atoms with Crippen molar-refractivity contribution in [3.05, 3.63) is 82.5 Å². The number of primary amides is 1. The molecule has 3 aromatic rings. The molecule has 0 aliphatic heterocycles. The summed E-state index contributed by atoms with van der Waals surface area (Å²) in [7, 11) is 0. The summed E-state index contributed by atoms with van der Waals surface area (Å²) in [5, 5.41) is 7.63. The Balaban J connectivity index is 1.59. The molecule has 0 saturated heterocycles. The fraction of sp³-hybridized carbons (Fsp3) is 0.100. The number of anilines is 1. The lowest BCUT2D eigenvalue weighted by molar-refractivity contribution is -0.120. The molecule has 0 aliphatic carbocycles. The van der Waals surface area contributed by atoms with Crippen LogP contribution in [0.4, 0.5) is 10.5 Å². The van der Waals surface area contributed by atoms with E-state index in [2.05, 4.69) is 20.9 Å². The van der Waals surface area contributed by atoms with Crippen molar-refractivity contribution in [2.24, 2.45) is 5.73 Å². The average molecular weight is 408 g/mol. The molecule has 0 atom stereocenters. The second-order valence-electron chi connectivity index (χ2n) is 6.33. The SMILES string of the molecule is NC(=O)NCC(=O)NCc1cccc(NC(=O)c2ccc(-n3cc[nH]c3=O)cc2)c1. The van der Waals surface area contributed by atoms with Gasteiger partial charge in [-0.2, -0.15) is 0 Å². The lowest BCUT2D eigenvalue weighted by Gasteiger charge is -2.09. The number of nitrogens with one attached hydrogen (secondary N) is 4. The highest BCUT2D eigenvalue weighted by Gasteiger charge is 2.08. The molecule has 0 spiro atoms. The zero-order valence-electron chi connectivity index (χ0n) is 15.8. The van der Waals surface area contributed by atoms with Crippen LogP contribution < -0.4 is 27.4 Å². The highest BCUT2D eigenvalue weighted by atomic mass is 16.2. The van der Waals surface area contributed by atoms with Crippen LogP contribution in [0, 0.1) is 0 Å². The fourth-order valence-corrected chi connectivity index (χ4v) is 2.69. The van der Waals surface area contributed by atoms with Crippen LogP contribution in [-0.4, -0.2) is 33.9 Å². The Bertz CT molecular complexity index is 1120. The molecule has 6 N–H and O–H groups in total. The number of nitrogens with zero attached hydrogens (tertiary/aromatic N) is 1. The Kier molecular flexibility index (Phi) is 6.28. The minimum atomic E-state index is -0.775. The first-order valence-electron chi connectivity index (χ1n) is 8.99. The quantitative estimate of drug-likeness (QED) is 0.391. The van der Waals surface area contributed by atoms with Gasteiger partial charge in [0.1, 0.15) is 0 Å². The third kappa shape index (κ3) is 5.35. The summed E-state index contributed by atoms with van der Waals surface area (Å²) in [4.78, 5) is 48.9. The van der Waals surface area contributed by atoms with Gasteiger partial charge in [-0.15, -0.1) is 0 Å². The molecule has 0 saturated carbocycles. The number of hydrogen-bond acceptors (Lipinski definition) is 4. The molecular formula is C20H20N6O4. The largest absolute Gasteiger partial charge is 0.352 e. The molecule has 0 aliphatic rings. The Labute approximate surface area is 171 Å². The van der Waals surface area contributed by atoms with Gasteiger partial charge >= 0.3 is 11.7 Å². The third-order valence-electron chi connectivity index (χ3n) is 4.15. The molecule has 2 aromatic carbocycles. The molecule has 3 rings (SSSR count). The highest BCUT2D eigenvalue weighted by Crippen LogP contribution is 2.14. The van der Waals surface area contributed by atoms with Crippen molar-refractivity contribution in [3.8, 4) is 5.69 Å². The predicted molar refractivity (Wildman–Crippen MR) is 110 cm³/mol. The third-order valence-corrected chi connectivity index (χ3v) is 4.15. The fourth-order valence-electron chi connectivity index (χ4n) is 2.69. The first-order valence-corrected chi connectivity index (χ1v) is 8.99. The number of aromatic nitrogens is 2. The zero-order chi connectivity index (χ0) is 21.5. The monoisotopic (exact) mass is 408 g/mol. The number of carbonyl (C=O) groups excluding carboxylic acids is 3. The second kappa shape index (κ2) is 9.24. The van der Waals surface area contributed by atoms with Crippen LogP contribution in [0.5, 0.6) is 0 Å². The van der Waals surface area contributed by atoms with Crippen molar-refractivity contribution in [3.63, 3.8) is 0 Å². The van der Waals surface area contributed by atoms with Crippen molar-refractivity contribution in [2.75, 3.05) is 11.9 Å². The van der Waals surface area contributed by atoms with Gasteiger partial charge in [-0.05, 0) is 42.0 Å². The van der Waals surface area contributed by atoms with Crippen molar-refractivity contribution < 1.29 is 14.4 Å². The molecule has 10 heteroatoms. The smallest absolute Gasteiger partial charge is 0.330 e. The van der Waals surface area contributed by atoms with E-state index in [4.69, 9.17) is 5.73 Å². The van der Waals surface area contributed by atoms with E-state index in [1.54, 1.807) is 54.7 Å². The van der Waals surface area contributed by atoms with E-state index in [1.807, 2.05) is 0 Å². The van der Waals surface area contributed by atoms with Gasteiger partial charge < -0.3 is 26.7 Å². The first-order chi connectivity index (χ1) is 14.4. The van der Waals surface area contributed by atoms with Crippen LogP contribution in [0.1, 0.15) is 15.9 Å². The zero-order valence-corrected chi connectivity index (χ0v) is 15.8. The van der Waals surface area contributed by atoms with Crippen LogP contribution in [-0.2, 0) is 11.3 Å². The Morgan fingerprint density at radius 3 is 2.47 bits per heavy atom. The molecule has 1 aromatic heterocycles. The second-order valence-corrected chi connectivity index (χ2v) is 6.33. The number of imidazole rings is 1. The molecule has 4 amide bonds.